The van der Waals surface area contributed by atoms with Crippen molar-refractivity contribution in [3.05, 3.63) is 176 Å². The summed E-state index contributed by atoms with van der Waals surface area (Å²) in [4.78, 5) is 14.6. The first kappa shape index (κ1) is 28.8. The zero-order valence-electron chi connectivity index (χ0n) is 28.1. The highest BCUT2D eigenvalue weighted by atomic mass is 14.7. The first-order valence-corrected chi connectivity index (χ1v) is 17.7. The summed E-state index contributed by atoms with van der Waals surface area (Å²) in [5, 5.41) is 13.2. The molecule has 0 bridgehead atoms. The van der Waals surface area contributed by atoms with E-state index in [-0.39, 0.29) is 0 Å². The second-order valence-electron chi connectivity index (χ2n) is 13.6. The number of nitrogens with zero attached hydrogens (tertiary/aromatic N) is 3. The molecule has 3 nitrogen and oxygen atoms in total. The lowest BCUT2D eigenvalue weighted by Crippen LogP contribution is -1.91. The highest BCUT2D eigenvalue weighted by Crippen LogP contribution is 2.39. The van der Waals surface area contributed by atoms with Gasteiger partial charge in [-0.3, -0.25) is 9.97 Å². The van der Waals surface area contributed by atoms with E-state index in [1.807, 2.05) is 18.5 Å². The van der Waals surface area contributed by atoms with Gasteiger partial charge in [-0.05, 0) is 91.0 Å². The fraction of sp³-hybridized carbons (Fsp3) is 0. The summed E-state index contributed by atoms with van der Waals surface area (Å²) in [6.07, 6.45) is 3.73. The van der Waals surface area contributed by atoms with Crippen LogP contribution in [0.5, 0.6) is 0 Å². The molecule has 11 rings (SSSR count). The van der Waals surface area contributed by atoms with Crippen molar-refractivity contribution in [3.8, 4) is 33.5 Å². The summed E-state index contributed by atoms with van der Waals surface area (Å²) in [7, 11) is 0. The van der Waals surface area contributed by atoms with Crippen LogP contribution in [-0.2, 0) is 0 Å². The van der Waals surface area contributed by atoms with Crippen LogP contribution >= 0.6 is 0 Å². The van der Waals surface area contributed by atoms with Gasteiger partial charge in [-0.2, -0.15) is 0 Å². The molecule has 0 fully saturated rings. The molecule has 52 heavy (non-hydrogen) atoms. The normalized spacial score (nSPS) is 11.8. The van der Waals surface area contributed by atoms with E-state index in [9.17, 15) is 0 Å². The van der Waals surface area contributed by atoms with Crippen LogP contribution in [0.25, 0.3) is 109 Å². The zero-order valence-corrected chi connectivity index (χ0v) is 28.1. The van der Waals surface area contributed by atoms with Crippen LogP contribution in [0.2, 0.25) is 0 Å². The van der Waals surface area contributed by atoms with Crippen LogP contribution in [0.3, 0.4) is 0 Å². The average molecular weight is 660 g/mol. The Bertz CT molecular complexity index is 3240. The lowest BCUT2D eigenvalue weighted by molar-refractivity contribution is 1.37. The maximum Gasteiger partial charge on any atom is 0.0970 e. The third kappa shape index (κ3) is 4.43. The quantitative estimate of drug-likeness (QED) is 0.177. The molecular formula is C49H29N3. The average Bonchev–Trinajstić information content (AvgIpc) is 3.22. The van der Waals surface area contributed by atoms with Gasteiger partial charge >= 0.3 is 0 Å². The molecule has 8 aromatic carbocycles. The summed E-state index contributed by atoms with van der Waals surface area (Å²) in [6.45, 7) is 0. The Morgan fingerprint density at radius 1 is 0.327 bits per heavy atom. The van der Waals surface area contributed by atoms with E-state index in [0.29, 0.717) is 0 Å². The summed E-state index contributed by atoms with van der Waals surface area (Å²) < 4.78 is 0. The van der Waals surface area contributed by atoms with Crippen molar-refractivity contribution in [3.63, 3.8) is 0 Å². The minimum Gasteiger partial charge on any atom is -0.254 e. The molecule has 0 N–H and O–H groups in total. The van der Waals surface area contributed by atoms with Gasteiger partial charge in [0.1, 0.15) is 0 Å². The third-order valence-corrected chi connectivity index (χ3v) is 10.7. The zero-order chi connectivity index (χ0) is 34.2. The van der Waals surface area contributed by atoms with Gasteiger partial charge in [0, 0.05) is 44.9 Å². The number of fused-ring (bicyclic) bond motifs is 11. The first-order valence-electron chi connectivity index (χ1n) is 17.7. The number of hydrogen-bond donors (Lipinski definition) is 0. The van der Waals surface area contributed by atoms with Crippen LogP contribution in [0.1, 0.15) is 0 Å². The van der Waals surface area contributed by atoms with E-state index in [1.54, 1.807) is 0 Å². The maximum absolute atomic E-state index is 5.25. The molecular weight excluding hydrogens is 631 g/mol. The highest BCUT2D eigenvalue weighted by molar-refractivity contribution is 6.22. The molecule has 0 atom stereocenters. The lowest BCUT2D eigenvalue weighted by Gasteiger charge is -2.14. The van der Waals surface area contributed by atoms with Crippen molar-refractivity contribution < 1.29 is 0 Å². The molecule has 0 radical (unpaired) electrons. The van der Waals surface area contributed by atoms with Gasteiger partial charge in [-0.25, -0.2) is 4.98 Å². The Hall–Kier alpha value is -6.97. The Labute approximate surface area is 299 Å². The second kappa shape index (κ2) is 11.3. The van der Waals surface area contributed by atoms with E-state index in [0.717, 1.165) is 44.1 Å². The Morgan fingerprint density at radius 3 is 1.88 bits per heavy atom. The van der Waals surface area contributed by atoms with Crippen molar-refractivity contribution in [1.29, 1.82) is 0 Å². The Balaban J connectivity index is 1.01. The molecule has 0 saturated heterocycles. The van der Waals surface area contributed by atoms with Crippen LogP contribution < -0.4 is 0 Å². The summed E-state index contributed by atoms with van der Waals surface area (Å²) >= 11 is 0. The van der Waals surface area contributed by atoms with Crippen molar-refractivity contribution >= 4 is 75.8 Å². The molecule has 0 amide bonds. The van der Waals surface area contributed by atoms with E-state index in [1.165, 1.54) is 65.2 Å². The Kier molecular flexibility index (Phi) is 6.25. The van der Waals surface area contributed by atoms with E-state index < -0.39 is 0 Å². The minimum atomic E-state index is 0.934. The van der Waals surface area contributed by atoms with Crippen LogP contribution in [0.4, 0.5) is 0 Å². The molecule has 0 aliphatic heterocycles. The maximum atomic E-state index is 5.25. The molecule has 0 spiro atoms. The van der Waals surface area contributed by atoms with Gasteiger partial charge in [0.15, 0.2) is 0 Å². The molecule has 0 saturated carbocycles. The van der Waals surface area contributed by atoms with Gasteiger partial charge in [0.25, 0.3) is 0 Å². The lowest BCUT2D eigenvalue weighted by atomic mass is 9.92. The molecule has 3 aromatic heterocycles. The SMILES string of the molecule is c1cc(-c2ccc3c(ccc4cc(-c5ccnc6c5ccc5cccnc56)ccc43)c2)cc(-c2nc3ccccc3c3c2ccc2ccccc23)c1. The topological polar surface area (TPSA) is 38.7 Å². The van der Waals surface area contributed by atoms with E-state index in [2.05, 4.69) is 163 Å². The van der Waals surface area contributed by atoms with Gasteiger partial charge in [0.05, 0.1) is 22.2 Å². The van der Waals surface area contributed by atoms with E-state index in [4.69, 9.17) is 9.97 Å². The van der Waals surface area contributed by atoms with Crippen molar-refractivity contribution in [2.45, 2.75) is 0 Å². The van der Waals surface area contributed by atoms with Gasteiger partial charge in [-0.15, -0.1) is 0 Å². The molecule has 3 heteroatoms. The predicted octanol–water partition coefficient (Wildman–Crippen LogP) is 12.9. The van der Waals surface area contributed by atoms with Crippen molar-refractivity contribution in [2.75, 3.05) is 0 Å². The number of aromatic nitrogens is 3. The first-order chi connectivity index (χ1) is 25.8. The monoisotopic (exact) mass is 659 g/mol. The molecule has 11 aromatic rings. The fourth-order valence-corrected chi connectivity index (χ4v) is 8.21. The molecule has 0 aliphatic rings. The number of rotatable bonds is 3. The number of benzene rings is 8. The molecule has 0 unspecified atom stereocenters. The largest absolute Gasteiger partial charge is 0.254 e. The molecule has 0 aliphatic carbocycles. The van der Waals surface area contributed by atoms with Gasteiger partial charge < -0.3 is 0 Å². The van der Waals surface area contributed by atoms with Crippen LogP contribution in [-0.4, -0.2) is 15.0 Å². The number of pyridine rings is 3. The van der Waals surface area contributed by atoms with Gasteiger partial charge in [0.2, 0.25) is 0 Å². The second-order valence-corrected chi connectivity index (χ2v) is 13.6. The number of hydrogen-bond acceptors (Lipinski definition) is 3. The van der Waals surface area contributed by atoms with E-state index >= 15 is 0 Å². The van der Waals surface area contributed by atoms with Crippen molar-refractivity contribution in [1.82, 2.24) is 15.0 Å². The highest BCUT2D eigenvalue weighted by Gasteiger charge is 2.15. The van der Waals surface area contributed by atoms with Crippen LogP contribution in [0.15, 0.2) is 176 Å². The van der Waals surface area contributed by atoms with Gasteiger partial charge in [-0.1, -0.05) is 127 Å². The fourth-order valence-electron chi connectivity index (χ4n) is 8.21. The summed E-state index contributed by atoms with van der Waals surface area (Å²) in [5.41, 5.74) is 9.69. The third-order valence-electron chi connectivity index (χ3n) is 10.7. The predicted molar refractivity (Wildman–Crippen MR) is 219 cm³/mol. The minimum absolute atomic E-state index is 0.934. The number of para-hydroxylation sites is 1. The Morgan fingerprint density at radius 2 is 0.981 bits per heavy atom. The summed E-state index contributed by atoms with van der Waals surface area (Å²) in [6, 6.07) is 59.1. The van der Waals surface area contributed by atoms with Crippen LogP contribution in [0, 0.1) is 0 Å². The molecule has 3 heterocycles. The molecule has 240 valence electrons. The smallest absolute Gasteiger partial charge is 0.0970 e. The summed E-state index contributed by atoms with van der Waals surface area (Å²) in [5.74, 6) is 0. The standard InChI is InChI=1S/C49H29N3/c1-2-11-41-30(7-1)16-23-44-46(41)43-12-3-4-13-45(43)52-47(44)37-9-5-8-32(28-37)33-18-20-38-34(27-33)14-15-35-29-36(19-21-39(35)38)40-24-26-51-49-42(40)22-17-31-10-6-25-50-48(31)49/h1-29H. The van der Waals surface area contributed by atoms with Crippen molar-refractivity contribution in [2.24, 2.45) is 0 Å².